The standard InChI is InChI=1S/C9H16N4/c1-3-4-10-5-6-11-9-7-12-13(2)8-9/h3,7-8,10-11H,1,4-6H2,2H3. The highest BCUT2D eigenvalue weighted by Gasteiger charge is 1.92. The van der Waals surface area contributed by atoms with E-state index in [1.165, 1.54) is 0 Å². The minimum Gasteiger partial charge on any atom is -0.381 e. The van der Waals surface area contributed by atoms with Gasteiger partial charge in [-0.25, -0.2) is 0 Å². The van der Waals surface area contributed by atoms with Crippen molar-refractivity contribution in [3.8, 4) is 0 Å². The van der Waals surface area contributed by atoms with Gasteiger partial charge in [-0.1, -0.05) is 6.08 Å². The minimum absolute atomic E-state index is 0.856. The highest BCUT2D eigenvalue weighted by Crippen LogP contribution is 2.01. The lowest BCUT2D eigenvalue weighted by molar-refractivity contribution is 0.765. The van der Waals surface area contributed by atoms with Crippen molar-refractivity contribution in [3.63, 3.8) is 0 Å². The molecule has 1 heterocycles. The van der Waals surface area contributed by atoms with E-state index in [1.54, 1.807) is 4.68 Å². The average molecular weight is 180 g/mol. The summed E-state index contributed by atoms with van der Waals surface area (Å²) < 4.78 is 1.78. The molecule has 0 bridgehead atoms. The Labute approximate surface area is 78.6 Å². The summed E-state index contributed by atoms with van der Waals surface area (Å²) in [6.07, 6.45) is 5.62. The Balaban J connectivity index is 2.09. The van der Waals surface area contributed by atoms with Crippen molar-refractivity contribution >= 4 is 5.69 Å². The molecule has 1 aromatic rings. The zero-order valence-electron chi connectivity index (χ0n) is 7.95. The van der Waals surface area contributed by atoms with Gasteiger partial charge in [0.2, 0.25) is 0 Å². The van der Waals surface area contributed by atoms with Gasteiger partial charge in [0.15, 0.2) is 0 Å². The van der Waals surface area contributed by atoms with Gasteiger partial charge in [-0.05, 0) is 0 Å². The van der Waals surface area contributed by atoms with Crippen LogP contribution < -0.4 is 10.6 Å². The van der Waals surface area contributed by atoms with Gasteiger partial charge in [0.05, 0.1) is 11.9 Å². The van der Waals surface area contributed by atoms with Crippen LogP contribution >= 0.6 is 0 Å². The molecule has 0 saturated heterocycles. The van der Waals surface area contributed by atoms with Gasteiger partial charge in [0, 0.05) is 32.9 Å². The van der Waals surface area contributed by atoms with Crippen LogP contribution in [0.15, 0.2) is 25.0 Å². The van der Waals surface area contributed by atoms with Gasteiger partial charge in [0.1, 0.15) is 0 Å². The molecule has 4 nitrogen and oxygen atoms in total. The van der Waals surface area contributed by atoms with Crippen LogP contribution in [-0.2, 0) is 7.05 Å². The van der Waals surface area contributed by atoms with Crippen LogP contribution in [-0.4, -0.2) is 29.4 Å². The molecule has 4 heteroatoms. The van der Waals surface area contributed by atoms with Gasteiger partial charge >= 0.3 is 0 Å². The molecule has 0 aliphatic rings. The van der Waals surface area contributed by atoms with Crippen LogP contribution in [0, 0.1) is 0 Å². The Morgan fingerprint density at radius 3 is 3.08 bits per heavy atom. The van der Waals surface area contributed by atoms with Crippen molar-refractivity contribution in [2.24, 2.45) is 7.05 Å². The molecule has 0 aliphatic heterocycles. The predicted molar refractivity (Wildman–Crippen MR) is 54.8 cm³/mol. The molecule has 1 aromatic heterocycles. The third kappa shape index (κ3) is 3.75. The van der Waals surface area contributed by atoms with E-state index in [-0.39, 0.29) is 0 Å². The second-order valence-corrected chi connectivity index (χ2v) is 2.82. The smallest absolute Gasteiger partial charge is 0.0726 e. The summed E-state index contributed by atoms with van der Waals surface area (Å²) in [4.78, 5) is 0. The van der Waals surface area contributed by atoms with Gasteiger partial charge in [0.25, 0.3) is 0 Å². The first kappa shape index (κ1) is 9.80. The van der Waals surface area contributed by atoms with Crippen LogP contribution in [0.4, 0.5) is 5.69 Å². The quantitative estimate of drug-likeness (QED) is 0.498. The number of anilines is 1. The van der Waals surface area contributed by atoms with E-state index in [9.17, 15) is 0 Å². The molecule has 0 radical (unpaired) electrons. The maximum Gasteiger partial charge on any atom is 0.0726 e. The summed E-state index contributed by atoms with van der Waals surface area (Å²) in [6, 6.07) is 0. The normalized spacial score (nSPS) is 9.92. The number of rotatable bonds is 6. The van der Waals surface area contributed by atoms with Crippen molar-refractivity contribution < 1.29 is 0 Å². The number of nitrogens with one attached hydrogen (secondary N) is 2. The number of aryl methyl sites for hydroxylation is 1. The Kier molecular flexibility index (Phi) is 4.05. The molecule has 0 amide bonds. The molecular weight excluding hydrogens is 164 g/mol. The van der Waals surface area contributed by atoms with Gasteiger partial charge in [-0.2, -0.15) is 5.10 Å². The summed E-state index contributed by atoms with van der Waals surface area (Å²) in [5.41, 5.74) is 1.06. The minimum atomic E-state index is 0.856. The first-order chi connectivity index (χ1) is 6.33. The van der Waals surface area contributed by atoms with Gasteiger partial charge < -0.3 is 10.6 Å². The Bertz CT molecular complexity index is 254. The third-order valence-corrected chi connectivity index (χ3v) is 1.62. The number of nitrogens with zero attached hydrogens (tertiary/aromatic N) is 2. The van der Waals surface area contributed by atoms with Crippen LogP contribution in [0.3, 0.4) is 0 Å². The third-order valence-electron chi connectivity index (χ3n) is 1.62. The van der Waals surface area contributed by atoms with E-state index in [4.69, 9.17) is 0 Å². The van der Waals surface area contributed by atoms with Crippen LogP contribution in [0.25, 0.3) is 0 Å². The summed E-state index contributed by atoms with van der Waals surface area (Å²) in [6.45, 7) is 6.31. The molecule has 0 atom stereocenters. The van der Waals surface area contributed by atoms with Crippen molar-refractivity contribution in [1.29, 1.82) is 0 Å². The SMILES string of the molecule is C=CCNCCNc1cnn(C)c1. The second-order valence-electron chi connectivity index (χ2n) is 2.82. The highest BCUT2D eigenvalue weighted by atomic mass is 15.3. The summed E-state index contributed by atoms with van der Waals surface area (Å²) in [7, 11) is 1.90. The van der Waals surface area contributed by atoms with E-state index in [1.807, 2.05) is 25.5 Å². The molecule has 0 spiro atoms. The molecular formula is C9H16N4. The molecule has 0 unspecified atom stereocenters. The van der Waals surface area contributed by atoms with Crippen LogP contribution in [0.2, 0.25) is 0 Å². The monoisotopic (exact) mass is 180 g/mol. The number of aromatic nitrogens is 2. The maximum atomic E-state index is 4.05. The highest BCUT2D eigenvalue weighted by molar-refractivity contribution is 5.37. The lowest BCUT2D eigenvalue weighted by atomic mass is 10.5. The van der Waals surface area contributed by atoms with E-state index in [0.717, 1.165) is 25.3 Å². The summed E-state index contributed by atoms with van der Waals surface area (Å²) in [5, 5.41) is 10.5. The molecule has 1 rings (SSSR count). The van der Waals surface area contributed by atoms with E-state index < -0.39 is 0 Å². The van der Waals surface area contributed by atoms with Crippen molar-refractivity contribution in [1.82, 2.24) is 15.1 Å². The van der Waals surface area contributed by atoms with Crippen LogP contribution in [0.1, 0.15) is 0 Å². The van der Waals surface area contributed by atoms with E-state index in [2.05, 4.69) is 22.3 Å². The number of hydrogen-bond donors (Lipinski definition) is 2. The second kappa shape index (κ2) is 5.37. The topological polar surface area (TPSA) is 41.9 Å². The first-order valence-electron chi connectivity index (χ1n) is 4.37. The van der Waals surface area contributed by atoms with Crippen molar-refractivity contribution in [2.45, 2.75) is 0 Å². The molecule has 2 N–H and O–H groups in total. The zero-order chi connectivity index (χ0) is 9.52. The molecule has 0 aromatic carbocycles. The lowest BCUT2D eigenvalue weighted by Crippen LogP contribution is -2.21. The van der Waals surface area contributed by atoms with E-state index in [0.29, 0.717) is 0 Å². The van der Waals surface area contributed by atoms with Crippen LogP contribution in [0.5, 0.6) is 0 Å². The lowest BCUT2D eigenvalue weighted by Gasteiger charge is -2.02. The Morgan fingerprint density at radius 2 is 2.46 bits per heavy atom. The Morgan fingerprint density at radius 1 is 1.62 bits per heavy atom. The van der Waals surface area contributed by atoms with Gasteiger partial charge in [-0.15, -0.1) is 6.58 Å². The van der Waals surface area contributed by atoms with Crippen molar-refractivity contribution in [3.05, 3.63) is 25.0 Å². The molecule has 13 heavy (non-hydrogen) atoms. The maximum absolute atomic E-state index is 4.05. The fourth-order valence-electron chi connectivity index (χ4n) is 1.01. The van der Waals surface area contributed by atoms with Crippen molar-refractivity contribution in [2.75, 3.05) is 25.0 Å². The molecule has 0 aliphatic carbocycles. The van der Waals surface area contributed by atoms with Gasteiger partial charge in [-0.3, -0.25) is 4.68 Å². The largest absolute Gasteiger partial charge is 0.381 e. The zero-order valence-corrected chi connectivity index (χ0v) is 7.95. The Hall–Kier alpha value is -1.29. The summed E-state index contributed by atoms with van der Waals surface area (Å²) >= 11 is 0. The predicted octanol–water partition coefficient (Wildman–Crippen LogP) is 0.608. The molecule has 72 valence electrons. The van der Waals surface area contributed by atoms with E-state index >= 15 is 0 Å². The number of hydrogen-bond acceptors (Lipinski definition) is 3. The fraction of sp³-hybridized carbons (Fsp3) is 0.444. The summed E-state index contributed by atoms with van der Waals surface area (Å²) in [5.74, 6) is 0. The molecule has 0 fully saturated rings. The fourth-order valence-corrected chi connectivity index (χ4v) is 1.01. The average Bonchev–Trinajstić information content (AvgIpc) is 2.51. The first-order valence-corrected chi connectivity index (χ1v) is 4.37. The molecule has 0 saturated carbocycles.